The van der Waals surface area contributed by atoms with Crippen molar-refractivity contribution in [2.75, 3.05) is 18.5 Å². The highest BCUT2D eigenvalue weighted by atomic mass is 16.3. The van der Waals surface area contributed by atoms with Crippen molar-refractivity contribution in [2.45, 2.75) is 26.3 Å². The topological polar surface area (TPSA) is 87.1 Å². The van der Waals surface area contributed by atoms with Gasteiger partial charge in [-0.1, -0.05) is 6.07 Å². The first-order valence-electron chi connectivity index (χ1n) is 8.10. The molecule has 24 heavy (non-hydrogen) atoms. The van der Waals surface area contributed by atoms with Gasteiger partial charge in [0, 0.05) is 43.2 Å². The van der Waals surface area contributed by atoms with Gasteiger partial charge in [-0.2, -0.15) is 0 Å². The van der Waals surface area contributed by atoms with Crippen molar-refractivity contribution in [1.82, 2.24) is 15.3 Å². The van der Waals surface area contributed by atoms with Crippen LogP contribution in [0, 0.1) is 5.92 Å². The van der Waals surface area contributed by atoms with Gasteiger partial charge in [-0.25, -0.2) is 4.98 Å². The fraction of sp³-hybridized carbons (Fsp3) is 0.389. The summed E-state index contributed by atoms with van der Waals surface area (Å²) < 4.78 is 0. The summed E-state index contributed by atoms with van der Waals surface area (Å²) in [5.41, 5.74) is 1.40. The molecule has 2 aromatic heterocycles. The predicted octanol–water partition coefficient (Wildman–Crippen LogP) is 1.88. The van der Waals surface area contributed by atoms with Crippen LogP contribution in [0.25, 0.3) is 0 Å². The number of nitrogens with zero attached hydrogens (tertiary/aromatic N) is 2. The molecule has 0 aliphatic heterocycles. The van der Waals surface area contributed by atoms with E-state index in [-0.39, 0.29) is 24.5 Å². The van der Waals surface area contributed by atoms with E-state index < -0.39 is 0 Å². The van der Waals surface area contributed by atoms with Crippen LogP contribution in [0.1, 0.15) is 29.9 Å². The van der Waals surface area contributed by atoms with Gasteiger partial charge in [0.25, 0.3) is 5.91 Å². The molecule has 0 spiro atoms. The summed E-state index contributed by atoms with van der Waals surface area (Å²) in [4.78, 5) is 20.9. The fourth-order valence-corrected chi connectivity index (χ4v) is 2.33. The van der Waals surface area contributed by atoms with E-state index in [2.05, 4.69) is 20.6 Å². The molecule has 1 amide bonds. The summed E-state index contributed by atoms with van der Waals surface area (Å²) in [5, 5.41) is 15.6. The second kappa shape index (κ2) is 8.98. The van der Waals surface area contributed by atoms with Gasteiger partial charge in [0.2, 0.25) is 0 Å². The largest absolute Gasteiger partial charge is 0.396 e. The van der Waals surface area contributed by atoms with Gasteiger partial charge in [0.05, 0.1) is 5.56 Å². The maximum atomic E-state index is 12.4. The van der Waals surface area contributed by atoms with E-state index in [1.165, 1.54) is 0 Å². The number of hydrogen-bond donors (Lipinski definition) is 3. The van der Waals surface area contributed by atoms with Gasteiger partial charge >= 0.3 is 0 Å². The van der Waals surface area contributed by atoms with E-state index in [1.54, 1.807) is 24.5 Å². The fourth-order valence-electron chi connectivity index (χ4n) is 2.33. The van der Waals surface area contributed by atoms with E-state index in [4.69, 9.17) is 0 Å². The molecule has 128 valence electrons. The van der Waals surface area contributed by atoms with Crippen molar-refractivity contribution in [1.29, 1.82) is 0 Å². The third kappa shape index (κ3) is 5.31. The quantitative estimate of drug-likeness (QED) is 0.689. The van der Waals surface area contributed by atoms with Crippen LogP contribution in [-0.2, 0) is 6.42 Å². The van der Waals surface area contributed by atoms with Crippen LogP contribution in [-0.4, -0.2) is 40.2 Å². The first-order valence-corrected chi connectivity index (χ1v) is 8.10. The lowest BCUT2D eigenvalue weighted by atomic mass is 10.0. The van der Waals surface area contributed by atoms with Crippen molar-refractivity contribution in [3.8, 4) is 0 Å². The third-order valence-corrected chi connectivity index (χ3v) is 3.51. The van der Waals surface area contributed by atoms with Crippen LogP contribution >= 0.6 is 0 Å². The molecule has 0 fully saturated rings. The Balaban J connectivity index is 1.96. The van der Waals surface area contributed by atoms with Crippen molar-refractivity contribution in [3.63, 3.8) is 0 Å². The average Bonchev–Trinajstić information content (AvgIpc) is 2.59. The summed E-state index contributed by atoms with van der Waals surface area (Å²) in [5.74, 6) is 0.281. The lowest BCUT2D eigenvalue weighted by Crippen LogP contribution is -2.32. The molecule has 2 aromatic rings. The molecule has 0 saturated heterocycles. The van der Waals surface area contributed by atoms with Crippen LogP contribution in [0.2, 0.25) is 0 Å². The zero-order valence-electron chi connectivity index (χ0n) is 14.1. The number of pyridine rings is 2. The first-order chi connectivity index (χ1) is 11.6. The molecule has 0 radical (unpaired) electrons. The first kappa shape index (κ1) is 17.9. The Bertz CT molecular complexity index is 646. The minimum atomic E-state index is -0.203. The standard InChI is InChI=1S/C18H24N4O2/c1-13(2)22-17-16(7-5-9-20-17)18(24)21-11-14(12-23)10-15-6-3-4-8-19-15/h3-9,13-14,23H,10-12H2,1-2H3,(H,20,22)(H,21,24). The van der Waals surface area contributed by atoms with Gasteiger partial charge < -0.3 is 15.7 Å². The summed E-state index contributed by atoms with van der Waals surface area (Å²) in [6.07, 6.45) is 3.99. The maximum Gasteiger partial charge on any atom is 0.255 e. The van der Waals surface area contributed by atoms with Gasteiger partial charge in [0.1, 0.15) is 5.82 Å². The number of amides is 1. The molecule has 0 aromatic carbocycles. The lowest BCUT2D eigenvalue weighted by molar-refractivity contribution is 0.0940. The summed E-state index contributed by atoms with van der Waals surface area (Å²) in [6, 6.07) is 9.33. The van der Waals surface area contributed by atoms with Crippen molar-refractivity contribution >= 4 is 11.7 Å². The summed E-state index contributed by atoms with van der Waals surface area (Å²) in [6.45, 7) is 4.35. The molecule has 1 atom stereocenters. The van der Waals surface area contributed by atoms with E-state index >= 15 is 0 Å². The number of hydrogen-bond acceptors (Lipinski definition) is 5. The monoisotopic (exact) mass is 328 g/mol. The maximum absolute atomic E-state index is 12.4. The summed E-state index contributed by atoms with van der Waals surface area (Å²) in [7, 11) is 0. The Morgan fingerprint density at radius 2 is 1.96 bits per heavy atom. The van der Waals surface area contributed by atoms with Crippen LogP contribution in [0.15, 0.2) is 42.7 Å². The molecule has 6 nitrogen and oxygen atoms in total. The van der Waals surface area contributed by atoms with Crippen LogP contribution in [0.3, 0.4) is 0 Å². The van der Waals surface area contributed by atoms with Crippen LogP contribution in [0.4, 0.5) is 5.82 Å². The number of anilines is 1. The minimum Gasteiger partial charge on any atom is -0.396 e. The number of carbonyl (C=O) groups excluding carboxylic acids is 1. The van der Waals surface area contributed by atoms with E-state index in [0.29, 0.717) is 24.3 Å². The van der Waals surface area contributed by atoms with Gasteiger partial charge in [-0.15, -0.1) is 0 Å². The van der Waals surface area contributed by atoms with Crippen LogP contribution in [0.5, 0.6) is 0 Å². The molecule has 0 saturated carbocycles. The number of aliphatic hydroxyl groups is 1. The molecule has 0 aliphatic carbocycles. The van der Waals surface area contributed by atoms with Crippen LogP contribution < -0.4 is 10.6 Å². The second-order valence-corrected chi connectivity index (χ2v) is 5.98. The van der Waals surface area contributed by atoms with Crippen molar-refractivity contribution in [2.24, 2.45) is 5.92 Å². The highest BCUT2D eigenvalue weighted by Crippen LogP contribution is 2.13. The predicted molar refractivity (Wildman–Crippen MR) is 93.8 cm³/mol. The van der Waals surface area contributed by atoms with Gasteiger partial charge in [0.15, 0.2) is 0 Å². The molecule has 2 heterocycles. The Morgan fingerprint density at radius 1 is 1.17 bits per heavy atom. The SMILES string of the molecule is CC(C)Nc1ncccc1C(=O)NCC(CO)Cc1ccccn1. The van der Waals surface area contributed by atoms with Gasteiger partial charge in [-0.3, -0.25) is 9.78 Å². The van der Waals surface area contributed by atoms with Crippen molar-refractivity contribution in [3.05, 3.63) is 54.0 Å². The minimum absolute atomic E-state index is 0.0129. The Labute approximate surface area is 142 Å². The molecular weight excluding hydrogens is 304 g/mol. The zero-order chi connectivity index (χ0) is 17.4. The van der Waals surface area contributed by atoms with Gasteiger partial charge in [-0.05, 0) is 44.5 Å². The molecule has 2 rings (SSSR count). The second-order valence-electron chi connectivity index (χ2n) is 5.98. The number of carbonyl (C=O) groups is 1. The van der Waals surface area contributed by atoms with E-state index in [9.17, 15) is 9.90 Å². The normalized spacial score (nSPS) is 12.0. The molecule has 0 aliphatic rings. The molecule has 0 bridgehead atoms. The highest BCUT2D eigenvalue weighted by Gasteiger charge is 2.15. The Kier molecular flexibility index (Phi) is 6.69. The van der Waals surface area contributed by atoms with E-state index in [0.717, 1.165) is 5.69 Å². The van der Waals surface area contributed by atoms with E-state index in [1.807, 2.05) is 32.0 Å². The molecule has 1 unspecified atom stereocenters. The highest BCUT2D eigenvalue weighted by molar-refractivity contribution is 5.98. The molecular formula is C18H24N4O2. The number of nitrogens with one attached hydrogen (secondary N) is 2. The zero-order valence-corrected chi connectivity index (χ0v) is 14.1. The summed E-state index contributed by atoms with van der Waals surface area (Å²) >= 11 is 0. The van der Waals surface area contributed by atoms with Crippen molar-refractivity contribution < 1.29 is 9.90 Å². The number of rotatable bonds is 8. The third-order valence-electron chi connectivity index (χ3n) is 3.51. The smallest absolute Gasteiger partial charge is 0.255 e. The number of aliphatic hydroxyl groups excluding tert-OH is 1. The lowest BCUT2D eigenvalue weighted by Gasteiger charge is -2.16. The average molecular weight is 328 g/mol. The Hall–Kier alpha value is -2.47. The molecule has 3 N–H and O–H groups in total. The molecule has 6 heteroatoms. The number of aromatic nitrogens is 2. The Morgan fingerprint density at radius 3 is 2.62 bits per heavy atom.